The fourth-order valence-corrected chi connectivity index (χ4v) is 2.66. The van der Waals surface area contributed by atoms with Crippen LogP contribution >= 0.6 is 11.6 Å². The predicted octanol–water partition coefficient (Wildman–Crippen LogP) is 4.38. The highest BCUT2D eigenvalue weighted by Crippen LogP contribution is 2.20. The number of fused-ring (bicyclic) bond motifs is 1. The van der Waals surface area contributed by atoms with Gasteiger partial charge in [0.2, 0.25) is 0 Å². The van der Waals surface area contributed by atoms with E-state index in [0.717, 1.165) is 0 Å². The van der Waals surface area contributed by atoms with Gasteiger partial charge >= 0.3 is 5.97 Å². The van der Waals surface area contributed by atoms with E-state index in [1.165, 1.54) is 6.92 Å². The molecule has 3 rings (SSSR count). The lowest BCUT2D eigenvalue weighted by Gasteiger charge is -2.14. The standard InChI is InChI=1S/C20H17ClN2O3/c1-12-11-17(16-5-3-4-6-18(16)22-12)20(25)26-13(2)19(24)23-15-9-7-14(21)8-10-15/h3-11,13H,1-2H3,(H,23,24)/t13-/m1/s1. The van der Waals surface area contributed by atoms with E-state index in [2.05, 4.69) is 10.3 Å². The summed E-state index contributed by atoms with van der Waals surface area (Å²) < 4.78 is 5.35. The van der Waals surface area contributed by atoms with Crippen molar-refractivity contribution in [2.45, 2.75) is 20.0 Å². The zero-order valence-electron chi connectivity index (χ0n) is 14.3. The summed E-state index contributed by atoms with van der Waals surface area (Å²) in [5, 5.41) is 3.95. The molecule has 0 aliphatic heterocycles. The molecule has 0 fully saturated rings. The van der Waals surface area contributed by atoms with Crippen molar-refractivity contribution in [2.75, 3.05) is 5.32 Å². The van der Waals surface area contributed by atoms with Gasteiger partial charge in [-0.05, 0) is 50.2 Å². The van der Waals surface area contributed by atoms with Crippen LogP contribution in [0.4, 0.5) is 5.69 Å². The first-order valence-corrected chi connectivity index (χ1v) is 8.45. The molecule has 1 N–H and O–H groups in total. The molecule has 26 heavy (non-hydrogen) atoms. The maximum absolute atomic E-state index is 12.6. The molecule has 0 aliphatic rings. The Balaban J connectivity index is 1.75. The SMILES string of the molecule is Cc1cc(C(=O)O[C@H](C)C(=O)Nc2ccc(Cl)cc2)c2ccccc2n1. The van der Waals surface area contributed by atoms with Gasteiger partial charge in [0.1, 0.15) is 0 Å². The Hall–Kier alpha value is -2.92. The van der Waals surface area contributed by atoms with Crippen LogP contribution in [0.2, 0.25) is 5.02 Å². The van der Waals surface area contributed by atoms with Crippen LogP contribution < -0.4 is 5.32 Å². The lowest BCUT2D eigenvalue weighted by molar-refractivity contribution is -0.123. The minimum Gasteiger partial charge on any atom is -0.449 e. The van der Waals surface area contributed by atoms with Crippen LogP contribution in [0.15, 0.2) is 54.6 Å². The molecular weight excluding hydrogens is 352 g/mol. The van der Waals surface area contributed by atoms with Gasteiger partial charge in [-0.3, -0.25) is 9.78 Å². The second-order valence-corrected chi connectivity index (χ2v) is 6.31. The third kappa shape index (κ3) is 4.00. The van der Waals surface area contributed by atoms with Gasteiger partial charge in [-0.2, -0.15) is 0 Å². The highest BCUT2D eigenvalue weighted by molar-refractivity contribution is 6.30. The predicted molar refractivity (Wildman–Crippen MR) is 101 cm³/mol. The Kier molecular flexibility index (Phi) is 5.19. The monoisotopic (exact) mass is 368 g/mol. The fourth-order valence-electron chi connectivity index (χ4n) is 2.53. The number of anilines is 1. The van der Waals surface area contributed by atoms with Crippen molar-refractivity contribution >= 4 is 40.1 Å². The summed E-state index contributed by atoms with van der Waals surface area (Å²) in [6.07, 6.45) is -0.953. The van der Waals surface area contributed by atoms with E-state index in [1.807, 2.05) is 18.2 Å². The highest BCUT2D eigenvalue weighted by Gasteiger charge is 2.21. The average Bonchev–Trinajstić information content (AvgIpc) is 2.62. The van der Waals surface area contributed by atoms with Crippen molar-refractivity contribution in [3.63, 3.8) is 0 Å². The van der Waals surface area contributed by atoms with E-state index >= 15 is 0 Å². The molecule has 0 radical (unpaired) electrons. The first-order valence-electron chi connectivity index (χ1n) is 8.08. The van der Waals surface area contributed by atoms with E-state index in [1.54, 1.807) is 43.3 Å². The first kappa shape index (κ1) is 17.9. The van der Waals surface area contributed by atoms with Gasteiger partial charge in [0, 0.05) is 21.8 Å². The number of hydrogen-bond donors (Lipinski definition) is 1. The number of esters is 1. The fraction of sp³-hybridized carbons (Fsp3) is 0.150. The third-order valence-corrected chi connectivity index (χ3v) is 4.08. The number of ether oxygens (including phenoxy) is 1. The molecule has 1 amide bonds. The number of benzene rings is 2. The van der Waals surface area contributed by atoms with E-state index in [-0.39, 0.29) is 0 Å². The van der Waals surface area contributed by atoms with Crippen LogP contribution in [0.3, 0.4) is 0 Å². The number of carbonyl (C=O) groups excluding carboxylic acids is 2. The maximum Gasteiger partial charge on any atom is 0.339 e. The number of rotatable bonds is 4. The molecular formula is C20H17ClN2O3. The smallest absolute Gasteiger partial charge is 0.339 e. The van der Waals surface area contributed by atoms with Gasteiger partial charge in [-0.25, -0.2) is 4.79 Å². The van der Waals surface area contributed by atoms with Gasteiger partial charge in [-0.15, -0.1) is 0 Å². The minimum absolute atomic E-state index is 0.388. The second kappa shape index (κ2) is 7.54. The molecule has 6 heteroatoms. The van der Waals surface area contributed by atoms with Crippen LogP contribution in [0.25, 0.3) is 10.9 Å². The third-order valence-electron chi connectivity index (χ3n) is 3.83. The summed E-state index contributed by atoms with van der Waals surface area (Å²) in [6, 6.07) is 15.7. The number of nitrogens with zero attached hydrogens (tertiary/aromatic N) is 1. The van der Waals surface area contributed by atoms with E-state index in [9.17, 15) is 9.59 Å². The molecule has 132 valence electrons. The molecule has 0 spiro atoms. The summed E-state index contributed by atoms with van der Waals surface area (Å²) >= 11 is 5.82. The van der Waals surface area contributed by atoms with Gasteiger partial charge in [0.05, 0.1) is 11.1 Å². The Morgan fingerprint density at radius 2 is 1.81 bits per heavy atom. The zero-order valence-corrected chi connectivity index (χ0v) is 15.1. The summed E-state index contributed by atoms with van der Waals surface area (Å²) in [5.74, 6) is -0.985. The van der Waals surface area contributed by atoms with Crippen molar-refractivity contribution in [3.05, 3.63) is 70.9 Å². The molecule has 2 aromatic carbocycles. The number of aryl methyl sites for hydroxylation is 1. The Labute approximate surface area is 156 Å². The molecule has 1 atom stereocenters. The molecule has 0 saturated carbocycles. The van der Waals surface area contributed by atoms with Crippen LogP contribution in [0, 0.1) is 6.92 Å². The number of amides is 1. The topological polar surface area (TPSA) is 68.3 Å². The van der Waals surface area contributed by atoms with Crippen molar-refractivity contribution in [1.29, 1.82) is 0 Å². The van der Waals surface area contributed by atoms with Gasteiger partial charge in [0.25, 0.3) is 5.91 Å². The van der Waals surface area contributed by atoms with Crippen molar-refractivity contribution in [2.24, 2.45) is 0 Å². The van der Waals surface area contributed by atoms with Gasteiger partial charge < -0.3 is 10.1 Å². The van der Waals surface area contributed by atoms with Gasteiger partial charge in [0.15, 0.2) is 6.10 Å². The van der Waals surface area contributed by atoms with E-state index in [0.29, 0.717) is 32.9 Å². The number of carbonyl (C=O) groups is 2. The maximum atomic E-state index is 12.6. The largest absolute Gasteiger partial charge is 0.449 e. The Bertz CT molecular complexity index is 970. The molecule has 5 nitrogen and oxygen atoms in total. The van der Waals surface area contributed by atoms with Gasteiger partial charge in [-0.1, -0.05) is 29.8 Å². The number of pyridine rings is 1. The number of halogens is 1. The molecule has 1 heterocycles. The number of aromatic nitrogens is 1. The van der Waals surface area contributed by atoms with Crippen LogP contribution in [-0.2, 0) is 9.53 Å². The molecule has 1 aromatic heterocycles. The lowest BCUT2D eigenvalue weighted by atomic mass is 10.1. The van der Waals surface area contributed by atoms with Crippen LogP contribution in [-0.4, -0.2) is 23.0 Å². The Morgan fingerprint density at radius 3 is 2.54 bits per heavy atom. The van der Waals surface area contributed by atoms with Crippen molar-refractivity contribution in [1.82, 2.24) is 4.98 Å². The number of nitrogens with one attached hydrogen (secondary N) is 1. The molecule has 0 aliphatic carbocycles. The van der Waals surface area contributed by atoms with Crippen LogP contribution in [0.5, 0.6) is 0 Å². The second-order valence-electron chi connectivity index (χ2n) is 5.87. The van der Waals surface area contributed by atoms with E-state index in [4.69, 9.17) is 16.3 Å². The summed E-state index contributed by atoms with van der Waals surface area (Å²) in [5.41, 5.74) is 2.37. The highest BCUT2D eigenvalue weighted by atomic mass is 35.5. The lowest BCUT2D eigenvalue weighted by Crippen LogP contribution is -2.30. The summed E-state index contributed by atoms with van der Waals surface area (Å²) in [4.78, 5) is 29.2. The Morgan fingerprint density at radius 1 is 1.12 bits per heavy atom. The van der Waals surface area contributed by atoms with Crippen LogP contribution in [0.1, 0.15) is 23.0 Å². The number of hydrogen-bond acceptors (Lipinski definition) is 4. The zero-order chi connectivity index (χ0) is 18.7. The molecule has 0 unspecified atom stereocenters. The average molecular weight is 369 g/mol. The summed E-state index contributed by atoms with van der Waals surface area (Å²) in [7, 11) is 0. The van der Waals surface area contributed by atoms with Crippen molar-refractivity contribution in [3.8, 4) is 0 Å². The normalized spacial score (nSPS) is 11.8. The van der Waals surface area contributed by atoms with E-state index < -0.39 is 18.0 Å². The molecule has 0 saturated heterocycles. The minimum atomic E-state index is -0.953. The number of para-hydroxylation sites is 1. The quantitative estimate of drug-likeness (QED) is 0.694. The molecule has 3 aromatic rings. The molecule has 0 bridgehead atoms. The summed E-state index contributed by atoms with van der Waals surface area (Å²) in [6.45, 7) is 3.33. The van der Waals surface area contributed by atoms with Crippen molar-refractivity contribution < 1.29 is 14.3 Å². The first-order chi connectivity index (χ1) is 12.4.